The van der Waals surface area contributed by atoms with Crippen LogP contribution in [0.1, 0.15) is 98.5 Å². The molecule has 0 spiro atoms. The van der Waals surface area contributed by atoms with Crippen molar-refractivity contribution in [2.45, 2.75) is 142 Å². The molecule has 4 saturated heterocycles. The molecule has 1 aromatic rings. The monoisotopic (exact) mass is 878 g/mol. The zero-order chi connectivity index (χ0) is 46.0. The van der Waals surface area contributed by atoms with Gasteiger partial charge >= 0.3 is 0 Å². The van der Waals surface area contributed by atoms with E-state index in [1.165, 1.54) is 14.7 Å². The molecule has 1 aromatic carbocycles. The quantitative estimate of drug-likeness (QED) is 0.218. The van der Waals surface area contributed by atoms with Crippen LogP contribution in [-0.4, -0.2) is 143 Å². The van der Waals surface area contributed by atoms with Crippen LogP contribution in [0.2, 0.25) is 0 Å². The van der Waals surface area contributed by atoms with Crippen molar-refractivity contribution in [2.75, 3.05) is 32.7 Å². The van der Waals surface area contributed by atoms with Gasteiger partial charge in [0.1, 0.15) is 42.3 Å². The lowest BCUT2D eigenvalue weighted by Gasteiger charge is -2.32. The van der Waals surface area contributed by atoms with Gasteiger partial charge in [0, 0.05) is 26.1 Å². The van der Waals surface area contributed by atoms with Crippen molar-refractivity contribution in [1.29, 1.82) is 0 Å². The number of hydrogen-bond donors (Lipinski definition) is 6. The van der Waals surface area contributed by atoms with Gasteiger partial charge < -0.3 is 46.6 Å². The topological polar surface area (TPSA) is 236 Å². The second kappa shape index (κ2) is 22.2. The first kappa shape index (κ1) is 48.5. The maximum Gasteiger partial charge on any atom is 0.246 e. The Hall–Kier alpha value is -5.55. The van der Waals surface area contributed by atoms with Crippen LogP contribution in [0.15, 0.2) is 30.3 Å². The molecule has 18 nitrogen and oxygen atoms in total. The number of carbonyl (C=O) groups is 9. The zero-order valence-electron chi connectivity index (χ0n) is 37.6. The number of hydrogen-bond acceptors (Lipinski definition) is 9. The van der Waals surface area contributed by atoms with Crippen molar-refractivity contribution in [3.05, 3.63) is 35.9 Å². The van der Waals surface area contributed by atoms with Crippen molar-refractivity contribution in [3.63, 3.8) is 0 Å². The molecule has 346 valence electrons. The Morgan fingerprint density at radius 3 is 1.60 bits per heavy atom. The fourth-order valence-electron chi connectivity index (χ4n) is 8.95. The van der Waals surface area contributed by atoms with Gasteiger partial charge in [-0.15, -0.1) is 0 Å². The molecule has 8 unspecified atom stereocenters. The molecule has 0 radical (unpaired) electrons. The highest BCUT2D eigenvalue weighted by molar-refractivity contribution is 5.98. The van der Waals surface area contributed by atoms with Gasteiger partial charge in [0.25, 0.3) is 0 Å². The summed E-state index contributed by atoms with van der Waals surface area (Å²) in [5.74, 6) is -5.83. The van der Waals surface area contributed by atoms with Crippen molar-refractivity contribution < 1.29 is 43.2 Å². The summed E-state index contributed by atoms with van der Waals surface area (Å²) in [6, 6.07) is 1.96. The van der Waals surface area contributed by atoms with E-state index in [0.717, 1.165) is 5.56 Å². The maximum absolute atomic E-state index is 14.2. The number of amides is 9. The average molecular weight is 878 g/mol. The van der Waals surface area contributed by atoms with Crippen molar-refractivity contribution in [3.8, 4) is 0 Å². The second-order valence-electron chi connectivity index (χ2n) is 18.2. The predicted molar refractivity (Wildman–Crippen MR) is 232 cm³/mol. The van der Waals surface area contributed by atoms with E-state index in [0.29, 0.717) is 44.9 Å². The van der Waals surface area contributed by atoms with Gasteiger partial charge in [-0.05, 0) is 68.3 Å². The predicted octanol–water partition coefficient (Wildman–Crippen LogP) is 0.136. The smallest absolute Gasteiger partial charge is 0.246 e. The number of rotatable bonds is 7. The van der Waals surface area contributed by atoms with Crippen LogP contribution < -0.4 is 31.9 Å². The largest absolute Gasteiger partial charge is 0.345 e. The Kier molecular flexibility index (Phi) is 17.1. The molecular formula is C45H67N9O9. The summed E-state index contributed by atoms with van der Waals surface area (Å²) < 4.78 is 0. The number of fused-ring (bicyclic) bond motifs is 3. The summed E-state index contributed by atoms with van der Waals surface area (Å²) in [6.07, 6.45) is 3.42. The van der Waals surface area contributed by atoms with Crippen LogP contribution in [-0.2, 0) is 49.6 Å². The second-order valence-corrected chi connectivity index (χ2v) is 18.2. The van der Waals surface area contributed by atoms with E-state index in [2.05, 4.69) is 31.9 Å². The molecule has 6 N–H and O–H groups in total. The Balaban J connectivity index is 1.46. The molecule has 0 bridgehead atoms. The zero-order valence-corrected chi connectivity index (χ0v) is 37.6. The Morgan fingerprint density at radius 2 is 1.03 bits per heavy atom. The van der Waals surface area contributed by atoms with E-state index in [1.807, 2.05) is 26.8 Å². The van der Waals surface area contributed by atoms with Gasteiger partial charge in [-0.25, -0.2) is 0 Å². The minimum absolute atomic E-state index is 0.0259. The van der Waals surface area contributed by atoms with Crippen LogP contribution in [0, 0.1) is 17.8 Å². The van der Waals surface area contributed by atoms with Gasteiger partial charge in [0.2, 0.25) is 53.2 Å². The number of carbonyl (C=O) groups excluding carboxylic acids is 9. The maximum atomic E-state index is 14.2. The first-order valence-electron chi connectivity index (χ1n) is 22.7. The lowest BCUT2D eigenvalue weighted by Crippen LogP contribution is -2.61. The molecule has 18 heteroatoms. The summed E-state index contributed by atoms with van der Waals surface area (Å²) in [5, 5.41) is 16.6. The van der Waals surface area contributed by atoms with E-state index in [1.54, 1.807) is 45.0 Å². The van der Waals surface area contributed by atoms with E-state index in [-0.39, 0.29) is 38.4 Å². The summed E-state index contributed by atoms with van der Waals surface area (Å²) in [7, 11) is 0. The molecule has 0 saturated carbocycles. The molecule has 4 fully saturated rings. The molecule has 8 atom stereocenters. The van der Waals surface area contributed by atoms with Crippen molar-refractivity contribution >= 4 is 53.2 Å². The summed E-state index contributed by atoms with van der Waals surface area (Å²) in [4.78, 5) is 129. The molecule has 9 amide bonds. The first-order chi connectivity index (χ1) is 30.0. The minimum Gasteiger partial charge on any atom is -0.345 e. The SMILES string of the molecule is CCC(C)C1NC(=O)C(C(C)C)NC(=O)C2CCCN2C(=O)CNC(=O)C(CC(C)C)NC(=O)C2CCCN2C(=O)C2CCCN2C(=O)CNC(=O)C(Cc2ccccc2)NC1=O. The first-order valence-corrected chi connectivity index (χ1v) is 22.7. The average Bonchev–Trinajstić information content (AvgIpc) is 4.06. The number of nitrogens with one attached hydrogen (secondary N) is 6. The van der Waals surface area contributed by atoms with Gasteiger partial charge in [-0.3, -0.25) is 43.2 Å². The van der Waals surface area contributed by atoms with Crippen LogP contribution >= 0.6 is 0 Å². The van der Waals surface area contributed by atoms with Gasteiger partial charge in [0.05, 0.1) is 13.1 Å². The molecule has 4 aliphatic rings. The van der Waals surface area contributed by atoms with Gasteiger partial charge in [-0.1, -0.05) is 78.3 Å². The molecular weight excluding hydrogens is 811 g/mol. The third-order valence-corrected chi connectivity index (χ3v) is 12.7. The van der Waals surface area contributed by atoms with Crippen LogP contribution in [0.5, 0.6) is 0 Å². The van der Waals surface area contributed by atoms with Gasteiger partial charge in [-0.2, -0.15) is 0 Å². The fourth-order valence-corrected chi connectivity index (χ4v) is 8.95. The molecule has 0 aliphatic carbocycles. The Bertz CT molecular complexity index is 1860. The number of benzene rings is 1. The van der Waals surface area contributed by atoms with E-state index < -0.39 is 120 Å². The van der Waals surface area contributed by atoms with E-state index >= 15 is 0 Å². The minimum atomic E-state index is -1.16. The van der Waals surface area contributed by atoms with Crippen molar-refractivity contribution in [1.82, 2.24) is 46.6 Å². The Morgan fingerprint density at radius 1 is 0.556 bits per heavy atom. The third kappa shape index (κ3) is 12.3. The summed E-state index contributed by atoms with van der Waals surface area (Å²) >= 11 is 0. The summed E-state index contributed by atoms with van der Waals surface area (Å²) in [6.45, 7) is 10.8. The summed E-state index contributed by atoms with van der Waals surface area (Å²) in [5.41, 5.74) is 0.732. The van der Waals surface area contributed by atoms with Crippen LogP contribution in [0.25, 0.3) is 0 Å². The molecule has 0 aromatic heterocycles. The highest BCUT2D eigenvalue weighted by Gasteiger charge is 2.44. The highest BCUT2D eigenvalue weighted by atomic mass is 16.2. The highest BCUT2D eigenvalue weighted by Crippen LogP contribution is 2.26. The van der Waals surface area contributed by atoms with Crippen LogP contribution in [0.4, 0.5) is 0 Å². The molecule has 63 heavy (non-hydrogen) atoms. The van der Waals surface area contributed by atoms with Crippen molar-refractivity contribution in [2.24, 2.45) is 17.8 Å². The molecule has 4 aliphatic heterocycles. The van der Waals surface area contributed by atoms with Gasteiger partial charge in [0.15, 0.2) is 0 Å². The fraction of sp³-hybridized carbons (Fsp3) is 0.667. The number of nitrogens with zero attached hydrogens (tertiary/aromatic N) is 3. The Labute approximate surface area is 370 Å². The lowest BCUT2D eigenvalue weighted by molar-refractivity contribution is -0.147. The lowest BCUT2D eigenvalue weighted by atomic mass is 9.95. The van der Waals surface area contributed by atoms with E-state index in [4.69, 9.17) is 0 Å². The third-order valence-electron chi connectivity index (χ3n) is 12.7. The standard InChI is InChI=1S/C45H67N9O9/c1-7-28(6)38-44(62)49-31(23-29-14-9-8-10-15-29)40(58)47-25-36(56)53-20-13-18-34(53)45(63)54-21-12-17-33(54)41(59)48-30(22-26(2)3)39(57)46-24-35(55)52-19-11-16-32(52)42(60)50-37(27(4)5)43(61)51-38/h8-10,14-15,26-28,30-34,37-38H,7,11-13,16-25H2,1-6H3,(H,46,57)(H,47,58)(H,48,59)(H,49,62)(H,50,60)(H,51,61). The molecule has 4 heterocycles. The van der Waals surface area contributed by atoms with Crippen LogP contribution in [0.3, 0.4) is 0 Å². The van der Waals surface area contributed by atoms with E-state index in [9.17, 15) is 43.2 Å². The molecule has 5 rings (SSSR count). The normalized spacial score (nSPS) is 28.3.